The predicted octanol–water partition coefficient (Wildman–Crippen LogP) is 0.963. The predicted molar refractivity (Wildman–Crippen MR) is 84.0 cm³/mol. The molecule has 1 atom stereocenters. The van der Waals surface area contributed by atoms with Gasteiger partial charge >= 0.3 is 5.97 Å². The van der Waals surface area contributed by atoms with E-state index in [0.717, 1.165) is 12.0 Å². The van der Waals surface area contributed by atoms with Gasteiger partial charge in [0.2, 0.25) is 0 Å². The lowest BCUT2D eigenvalue weighted by atomic mass is 9.83. The minimum absolute atomic E-state index is 0.0271. The molecule has 1 aromatic carbocycles. The van der Waals surface area contributed by atoms with E-state index in [1.54, 1.807) is 12.1 Å². The summed E-state index contributed by atoms with van der Waals surface area (Å²) < 4.78 is 23.2. The molecule has 0 bridgehead atoms. The number of benzene rings is 1. The van der Waals surface area contributed by atoms with Crippen molar-refractivity contribution in [2.75, 3.05) is 18.8 Å². The minimum atomic E-state index is -3.48. The summed E-state index contributed by atoms with van der Waals surface area (Å²) >= 11 is 0. The van der Waals surface area contributed by atoms with Crippen LogP contribution in [0.15, 0.2) is 24.3 Å². The number of carboxylic acid groups (broad SMARTS) is 1. The van der Waals surface area contributed by atoms with E-state index < -0.39 is 26.5 Å². The molecule has 0 aromatic heterocycles. The first-order chi connectivity index (χ1) is 10.8. The molecule has 0 saturated carbocycles. The van der Waals surface area contributed by atoms with E-state index in [1.165, 1.54) is 4.90 Å². The first-order valence-corrected chi connectivity index (χ1v) is 9.29. The summed E-state index contributed by atoms with van der Waals surface area (Å²) in [6.07, 6.45) is 1.00. The second-order valence-electron chi connectivity index (χ2n) is 6.27. The van der Waals surface area contributed by atoms with Crippen LogP contribution in [-0.2, 0) is 21.1 Å². The van der Waals surface area contributed by atoms with Crippen molar-refractivity contribution in [3.8, 4) is 0 Å². The van der Waals surface area contributed by atoms with E-state index in [1.807, 2.05) is 19.1 Å². The Labute approximate surface area is 135 Å². The number of carbonyl (C=O) groups excluding carboxylic acids is 1. The number of carbonyl (C=O) groups is 2. The van der Waals surface area contributed by atoms with Crippen molar-refractivity contribution >= 4 is 21.7 Å². The standard InChI is InChI=1S/C16H19NO5S/c1-2-11-3-5-12(6-4-11)14(18)17-9-16(10-17)13(15(19)20)7-8-23(16,21)22/h3-6,13H,2,7-10H2,1H3,(H,19,20). The monoisotopic (exact) mass is 337 g/mol. The van der Waals surface area contributed by atoms with E-state index in [2.05, 4.69) is 0 Å². The molecule has 23 heavy (non-hydrogen) atoms. The summed E-state index contributed by atoms with van der Waals surface area (Å²) in [5, 5.41) is 9.28. The summed E-state index contributed by atoms with van der Waals surface area (Å²) in [7, 11) is -3.48. The van der Waals surface area contributed by atoms with Crippen molar-refractivity contribution in [2.24, 2.45) is 5.92 Å². The summed E-state index contributed by atoms with van der Waals surface area (Å²) in [5.41, 5.74) is 1.62. The number of carboxylic acids is 1. The molecule has 7 heteroatoms. The molecule has 6 nitrogen and oxygen atoms in total. The topological polar surface area (TPSA) is 91.8 Å². The summed E-state index contributed by atoms with van der Waals surface area (Å²) in [6.45, 7) is 1.97. The molecule has 1 aromatic rings. The maximum absolute atomic E-state index is 12.4. The Kier molecular flexibility index (Phi) is 3.71. The first-order valence-electron chi connectivity index (χ1n) is 7.64. The summed E-state index contributed by atoms with van der Waals surface area (Å²) in [6, 6.07) is 7.19. The van der Waals surface area contributed by atoms with Crippen LogP contribution in [0.3, 0.4) is 0 Å². The lowest BCUT2D eigenvalue weighted by Crippen LogP contribution is -2.69. The highest BCUT2D eigenvalue weighted by Crippen LogP contribution is 2.45. The first kappa shape index (κ1) is 16.0. The molecule has 124 valence electrons. The van der Waals surface area contributed by atoms with Crippen LogP contribution in [0.2, 0.25) is 0 Å². The SMILES string of the molecule is CCc1ccc(C(=O)N2CC3(C2)C(C(=O)O)CCS3(=O)=O)cc1. The van der Waals surface area contributed by atoms with Crippen molar-refractivity contribution in [1.82, 2.24) is 4.90 Å². The van der Waals surface area contributed by atoms with Crippen LogP contribution < -0.4 is 0 Å². The average molecular weight is 337 g/mol. The van der Waals surface area contributed by atoms with Crippen LogP contribution in [-0.4, -0.2) is 53.9 Å². The molecule has 2 aliphatic rings. The maximum Gasteiger partial charge on any atom is 0.308 e. The lowest BCUT2D eigenvalue weighted by Gasteiger charge is -2.48. The number of aryl methyl sites for hydroxylation is 1. The van der Waals surface area contributed by atoms with Crippen LogP contribution in [0, 0.1) is 5.92 Å². The van der Waals surface area contributed by atoms with Crippen molar-refractivity contribution in [3.05, 3.63) is 35.4 Å². The minimum Gasteiger partial charge on any atom is -0.481 e. The highest BCUT2D eigenvalue weighted by molar-refractivity contribution is 7.93. The molecule has 3 rings (SSSR count). The molecule has 0 radical (unpaired) electrons. The van der Waals surface area contributed by atoms with Gasteiger partial charge in [0, 0.05) is 18.7 Å². The number of nitrogens with zero attached hydrogens (tertiary/aromatic N) is 1. The van der Waals surface area contributed by atoms with E-state index >= 15 is 0 Å². The molecule has 2 aliphatic heterocycles. The van der Waals surface area contributed by atoms with Crippen LogP contribution in [0.5, 0.6) is 0 Å². The Bertz CT molecular complexity index is 747. The third-order valence-electron chi connectivity index (χ3n) is 5.04. The largest absolute Gasteiger partial charge is 0.481 e. The molecule has 0 aliphatic carbocycles. The fourth-order valence-corrected chi connectivity index (χ4v) is 5.84. The van der Waals surface area contributed by atoms with Gasteiger partial charge in [0.1, 0.15) is 4.75 Å². The second-order valence-corrected chi connectivity index (χ2v) is 8.73. The Hall–Kier alpha value is -1.89. The molecule has 2 fully saturated rings. The molecule has 1 unspecified atom stereocenters. The van der Waals surface area contributed by atoms with Gasteiger partial charge < -0.3 is 10.0 Å². The van der Waals surface area contributed by atoms with Crippen LogP contribution in [0.4, 0.5) is 0 Å². The average Bonchev–Trinajstić information content (AvgIpc) is 2.76. The van der Waals surface area contributed by atoms with Crippen LogP contribution in [0.25, 0.3) is 0 Å². The zero-order valence-corrected chi connectivity index (χ0v) is 13.7. The van der Waals surface area contributed by atoms with Gasteiger partial charge in [-0.1, -0.05) is 19.1 Å². The van der Waals surface area contributed by atoms with Crippen LogP contribution in [0.1, 0.15) is 29.3 Å². The van der Waals surface area contributed by atoms with Gasteiger partial charge in [-0.2, -0.15) is 0 Å². The summed E-state index contributed by atoms with van der Waals surface area (Å²) in [5.74, 6) is -2.37. The van der Waals surface area contributed by atoms with E-state index in [4.69, 9.17) is 0 Å². The van der Waals surface area contributed by atoms with E-state index in [-0.39, 0.29) is 31.2 Å². The number of aliphatic carboxylic acids is 1. The van der Waals surface area contributed by atoms with Gasteiger partial charge in [0.25, 0.3) is 5.91 Å². The van der Waals surface area contributed by atoms with E-state index in [9.17, 15) is 23.1 Å². The van der Waals surface area contributed by atoms with Gasteiger partial charge in [0.15, 0.2) is 9.84 Å². The van der Waals surface area contributed by atoms with E-state index in [0.29, 0.717) is 5.56 Å². The molecule has 1 spiro atoms. The smallest absolute Gasteiger partial charge is 0.308 e. The summed E-state index contributed by atoms with van der Waals surface area (Å²) in [4.78, 5) is 25.2. The Balaban J connectivity index is 1.79. The van der Waals surface area contributed by atoms with Gasteiger partial charge in [-0.3, -0.25) is 9.59 Å². The highest BCUT2D eigenvalue weighted by Gasteiger charge is 2.64. The molecule has 2 saturated heterocycles. The fraction of sp³-hybridized carbons (Fsp3) is 0.500. The lowest BCUT2D eigenvalue weighted by molar-refractivity contribution is -0.144. The van der Waals surface area contributed by atoms with Crippen molar-refractivity contribution in [2.45, 2.75) is 24.5 Å². The zero-order valence-electron chi connectivity index (χ0n) is 12.9. The number of rotatable bonds is 3. The second kappa shape index (κ2) is 5.33. The normalized spacial score (nSPS) is 24.4. The van der Waals surface area contributed by atoms with Gasteiger partial charge in [-0.15, -0.1) is 0 Å². The molecular formula is C16H19NO5S. The Morgan fingerprint density at radius 3 is 2.39 bits per heavy atom. The zero-order chi connectivity index (χ0) is 16.8. The number of sulfone groups is 1. The highest BCUT2D eigenvalue weighted by atomic mass is 32.2. The van der Waals surface area contributed by atoms with Crippen molar-refractivity contribution in [1.29, 1.82) is 0 Å². The quantitative estimate of drug-likeness (QED) is 0.887. The third-order valence-corrected chi connectivity index (χ3v) is 7.60. The van der Waals surface area contributed by atoms with Crippen LogP contribution >= 0.6 is 0 Å². The van der Waals surface area contributed by atoms with Gasteiger partial charge in [-0.05, 0) is 30.5 Å². The van der Waals surface area contributed by atoms with Gasteiger partial charge in [0.05, 0.1) is 11.7 Å². The fourth-order valence-electron chi connectivity index (χ4n) is 3.53. The number of hydrogen-bond acceptors (Lipinski definition) is 4. The molecule has 1 amide bonds. The third kappa shape index (κ3) is 2.34. The Morgan fingerprint density at radius 1 is 1.26 bits per heavy atom. The Morgan fingerprint density at radius 2 is 1.87 bits per heavy atom. The molecule has 2 heterocycles. The maximum atomic E-state index is 12.4. The van der Waals surface area contributed by atoms with Crippen molar-refractivity contribution < 1.29 is 23.1 Å². The molecule has 1 N–H and O–H groups in total. The van der Waals surface area contributed by atoms with Crippen molar-refractivity contribution in [3.63, 3.8) is 0 Å². The molecular weight excluding hydrogens is 318 g/mol. The number of hydrogen-bond donors (Lipinski definition) is 1. The number of amides is 1. The number of likely N-dealkylation sites (tertiary alicyclic amines) is 1. The van der Waals surface area contributed by atoms with Gasteiger partial charge in [-0.25, -0.2) is 8.42 Å².